The fraction of sp³-hybridized carbons (Fsp3) is 0.333. The molecule has 1 atom stereocenters. The number of nitro groups is 1. The molecule has 0 radical (unpaired) electrons. The van der Waals surface area contributed by atoms with Crippen molar-refractivity contribution in [3.05, 3.63) is 58.1 Å². The van der Waals surface area contributed by atoms with Crippen LogP contribution in [0.5, 0.6) is 0 Å². The number of rotatable bonds is 6. The van der Waals surface area contributed by atoms with E-state index in [9.17, 15) is 18.5 Å². The van der Waals surface area contributed by atoms with Gasteiger partial charge >= 0.3 is 0 Å². The molecule has 1 aliphatic heterocycles. The number of benzene rings is 2. The molecular formula is C18H21N3O4S. The molecule has 2 aromatic rings. The van der Waals surface area contributed by atoms with Gasteiger partial charge in [-0.05, 0) is 31.0 Å². The van der Waals surface area contributed by atoms with Crippen LogP contribution < -0.4 is 10.2 Å². The third-order valence-electron chi connectivity index (χ3n) is 4.59. The quantitative estimate of drug-likeness (QED) is 0.616. The summed E-state index contributed by atoms with van der Waals surface area (Å²) in [4.78, 5) is 12.6. The summed E-state index contributed by atoms with van der Waals surface area (Å²) < 4.78 is 24.0. The zero-order valence-corrected chi connectivity index (χ0v) is 15.5. The molecule has 7 nitrogen and oxygen atoms in total. The van der Waals surface area contributed by atoms with Gasteiger partial charge in [-0.25, -0.2) is 8.42 Å². The van der Waals surface area contributed by atoms with Crippen LogP contribution in [0.3, 0.4) is 0 Å². The van der Waals surface area contributed by atoms with Gasteiger partial charge < -0.3 is 10.2 Å². The van der Waals surface area contributed by atoms with Crippen molar-refractivity contribution in [1.29, 1.82) is 0 Å². The van der Waals surface area contributed by atoms with Crippen molar-refractivity contribution < 1.29 is 13.3 Å². The highest BCUT2D eigenvalue weighted by molar-refractivity contribution is 7.90. The minimum absolute atomic E-state index is 0.0541. The minimum Gasteiger partial charge on any atom is -0.382 e. The zero-order valence-electron chi connectivity index (χ0n) is 14.7. The number of nitro benzene ring substituents is 1. The SMILES string of the molecule is CC1Cc2ccccc2N1CCNc1ccc([N+](=O)[O-])cc1S(C)(=O)=O. The van der Waals surface area contributed by atoms with E-state index in [1.54, 1.807) is 0 Å². The second-order valence-electron chi connectivity index (χ2n) is 6.51. The molecule has 1 aliphatic rings. The Bertz CT molecular complexity index is 943. The van der Waals surface area contributed by atoms with E-state index in [-0.39, 0.29) is 10.6 Å². The molecule has 0 aromatic heterocycles. The topological polar surface area (TPSA) is 92.5 Å². The Morgan fingerprint density at radius 3 is 2.69 bits per heavy atom. The number of hydrogen-bond donors (Lipinski definition) is 1. The van der Waals surface area contributed by atoms with Crippen LogP contribution >= 0.6 is 0 Å². The molecule has 26 heavy (non-hydrogen) atoms. The minimum atomic E-state index is -3.58. The standard InChI is InChI=1S/C18H21N3O4S/c1-13-11-14-5-3-4-6-17(14)20(13)10-9-19-16-8-7-15(21(22)23)12-18(16)26(2,24)25/h3-8,12-13,19H,9-11H2,1-2H3. The molecule has 0 aliphatic carbocycles. The van der Waals surface area contributed by atoms with Gasteiger partial charge in [-0.1, -0.05) is 18.2 Å². The molecule has 3 rings (SSSR count). The number of nitrogens with zero attached hydrogens (tertiary/aromatic N) is 2. The molecule has 0 amide bonds. The van der Waals surface area contributed by atoms with Crippen LogP contribution in [0.2, 0.25) is 0 Å². The largest absolute Gasteiger partial charge is 0.382 e. The summed E-state index contributed by atoms with van der Waals surface area (Å²) in [5.74, 6) is 0. The second-order valence-corrected chi connectivity index (χ2v) is 8.50. The van der Waals surface area contributed by atoms with Crippen LogP contribution in [0.25, 0.3) is 0 Å². The van der Waals surface area contributed by atoms with E-state index in [0.717, 1.165) is 18.7 Å². The van der Waals surface area contributed by atoms with E-state index >= 15 is 0 Å². The summed E-state index contributed by atoms with van der Waals surface area (Å²) in [5, 5.41) is 14.0. The number of sulfone groups is 1. The average Bonchev–Trinajstić information content (AvgIpc) is 2.89. The van der Waals surface area contributed by atoms with Crippen molar-refractivity contribution in [1.82, 2.24) is 0 Å². The number of hydrogen-bond acceptors (Lipinski definition) is 6. The molecule has 1 N–H and O–H groups in total. The van der Waals surface area contributed by atoms with Crippen LogP contribution in [0, 0.1) is 10.1 Å². The molecule has 0 fully saturated rings. The van der Waals surface area contributed by atoms with Gasteiger partial charge in [0.05, 0.1) is 15.5 Å². The number of non-ortho nitro benzene ring substituents is 1. The van der Waals surface area contributed by atoms with Crippen LogP contribution in [0.1, 0.15) is 12.5 Å². The fourth-order valence-electron chi connectivity index (χ4n) is 3.36. The summed E-state index contributed by atoms with van der Waals surface area (Å²) >= 11 is 0. The molecule has 0 saturated heterocycles. The molecule has 8 heteroatoms. The Balaban J connectivity index is 1.75. The molecule has 138 valence electrons. The van der Waals surface area contributed by atoms with Crippen LogP contribution in [0.4, 0.5) is 17.1 Å². The van der Waals surface area contributed by atoms with Gasteiger partial charge in [-0.15, -0.1) is 0 Å². The van der Waals surface area contributed by atoms with Gasteiger partial charge in [0, 0.05) is 43.2 Å². The highest BCUT2D eigenvalue weighted by Gasteiger charge is 2.25. The van der Waals surface area contributed by atoms with Crippen molar-refractivity contribution in [3.63, 3.8) is 0 Å². The number of anilines is 2. The Kier molecular flexibility index (Phi) is 4.86. The first kappa shape index (κ1) is 18.2. The Labute approximate surface area is 152 Å². The molecule has 0 bridgehead atoms. The van der Waals surface area contributed by atoms with E-state index in [1.807, 2.05) is 12.1 Å². The Morgan fingerprint density at radius 1 is 1.27 bits per heavy atom. The summed E-state index contributed by atoms with van der Waals surface area (Å²) in [7, 11) is -3.58. The first-order valence-electron chi connectivity index (χ1n) is 8.34. The van der Waals surface area contributed by atoms with Gasteiger partial charge in [0.1, 0.15) is 0 Å². The van der Waals surface area contributed by atoms with Crippen LogP contribution in [0.15, 0.2) is 47.4 Å². The predicted octanol–water partition coefficient (Wildman–Crippen LogP) is 2.86. The van der Waals surface area contributed by atoms with E-state index < -0.39 is 14.8 Å². The lowest BCUT2D eigenvalue weighted by Gasteiger charge is -2.25. The Hall–Kier alpha value is -2.61. The van der Waals surface area contributed by atoms with Gasteiger partial charge in [0.25, 0.3) is 5.69 Å². The number of nitrogens with one attached hydrogen (secondary N) is 1. The van der Waals surface area contributed by atoms with E-state index in [1.165, 1.54) is 23.4 Å². The highest BCUT2D eigenvalue weighted by atomic mass is 32.2. The van der Waals surface area contributed by atoms with Crippen molar-refractivity contribution in [3.8, 4) is 0 Å². The maximum Gasteiger partial charge on any atom is 0.270 e. The molecule has 1 unspecified atom stereocenters. The molecular weight excluding hydrogens is 354 g/mol. The van der Waals surface area contributed by atoms with Crippen LogP contribution in [-0.4, -0.2) is 38.7 Å². The van der Waals surface area contributed by atoms with Crippen molar-refractivity contribution in [2.75, 3.05) is 29.6 Å². The molecule has 0 spiro atoms. The third-order valence-corrected chi connectivity index (χ3v) is 5.73. The van der Waals surface area contributed by atoms with Crippen molar-refractivity contribution >= 4 is 26.9 Å². The maximum atomic E-state index is 12.0. The summed E-state index contributed by atoms with van der Waals surface area (Å²) in [6, 6.07) is 12.5. The smallest absolute Gasteiger partial charge is 0.270 e. The van der Waals surface area contributed by atoms with E-state index in [2.05, 4.69) is 29.3 Å². The van der Waals surface area contributed by atoms with Crippen molar-refractivity contribution in [2.24, 2.45) is 0 Å². The second kappa shape index (κ2) is 6.95. The lowest BCUT2D eigenvalue weighted by Crippen LogP contribution is -2.33. The van der Waals surface area contributed by atoms with Gasteiger partial charge in [-0.2, -0.15) is 0 Å². The summed E-state index contributed by atoms with van der Waals surface area (Å²) in [6.45, 7) is 3.39. The van der Waals surface area contributed by atoms with Gasteiger partial charge in [-0.3, -0.25) is 10.1 Å². The monoisotopic (exact) mass is 375 g/mol. The summed E-state index contributed by atoms with van der Waals surface area (Å²) in [5.41, 5.74) is 2.66. The lowest BCUT2D eigenvalue weighted by atomic mass is 10.1. The van der Waals surface area contributed by atoms with E-state index in [0.29, 0.717) is 24.8 Å². The summed E-state index contributed by atoms with van der Waals surface area (Å²) in [6.07, 6.45) is 2.04. The van der Waals surface area contributed by atoms with Gasteiger partial charge in [0.15, 0.2) is 9.84 Å². The molecule has 1 heterocycles. The molecule has 0 saturated carbocycles. The average molecular weight is 375 g/mol. The Morgan fingerprint density at radius 2 is 2.00 bits per heavy atom. The maximum absolute atomic E-state index is 12.0. The number of fused-ring (bicyclic) bond motifs is 1. The first-order valence-corrected chi connectivity index (χ1v) is 10.2. The van der Waals surface area contributed by atoms with Crippen LogP contribution in [-0.2, 0) is 16.3 Å². The number of para-hydroxylation sites is 1. The predicted molar refractivity (Wildman–Crippen MR) is 102 cm³/mol. The first-order chi connectivity index (χ1) is 12.3. The zero-order chi connectivity index (χ0) is 18.9. The van der Waals surface area contributed by atoms with Crippen molar-refractivity contribution in [2.45, 2.75) is 24.3 Å². The highest BCUT2D eigenvalue weighted by Crippen LogP contribution is 2.31. The normalized spacial score (nSPS) is 16.4. The molecule has 2 aromatic carbocycles. The van der Waals surface area contributed by atoms with E-state index in [4.69, 9.17) is 0 Å². The fourth-order valence-corrected chi connectivity index (χ4v) is 4.23. The third kappa shape index (κ3) is 3.65. The lowest BCUT2D eigenvalue weighted by molar-refractivity contribution is -0.385. The van der Waals surface area contributed by atoms with Gasteiger partial charge in [0.2, 0.25) is 0 Å².